The van der Waals surface area contributed by atoms with E-state index in [0.29, 0.717) is 35.2 Å². The van der Waals surface area contributed by atoms with Gasteiger partial charge >= 0.3 is 0 Å². The van der Waals surface area contributed by atoms with Crippen LogP contribution in [0.1, 0.15) is 0 Å². The van der Waals surface area contributed by atoms with E-state index < -0.39 is 0 Å². The van der Waals surface area contributed by atoms with Gasteiger partial charge < -0.3 is 14.2 Å². The minimum Gasteiger partial charge on any atom is -0.458 e. The Balaban J connectivity index is 1.11. The summed E-state index contributed by atoms with van der Waals surface area (Å²) in [5.41, 5.74) is 6.50. The number of hydrogen-bond acceptors (Lipinski definition) is 8. The largest absolute Gasteiger partial charge is 0.458 e. The first-order valence-corrected chi connectivity index (χ1v) is 17.7. The van der Waals surface area contributed by atoms with E-state index in [1.807, 2.05) is 60.7 Å². The minimum absolute atomic E-state index is 0.211. The number of benzene rings is 6. The Bertz CT molecular complexity index is 2990. The molecule has 0 bridgehead atoms. The lowest BCUT2D eigenvalue weighted by molar-refractivity contribution is 0.425. The molecule has 7 heterocycles. The predicted octanol–water partition coefficient (Wildman–Crippen LogP) is 7.36. The highest BCUT2D eigenvalue weighted by atomic mass is 16.5. The van der Waals surface area contributed by atoms with Crippen molar-refractivity contribution >= 4 is 66.7 Å². The zero-order chi connectivity index (χ0) is 35.1. The quantitative estimate of drug-likeness (QED) is 0.177. The zero-order valence-electron chi connectivity index (χ0n) is 28.1. The summed E-state index contributed by atoms with van der Waals surface area (Å²) < 4.78 is 23.6. The number of hydrogen-bond donors (Lipinski definition) is 0. The number of para-hydroxylation sites is 4. The Labute approximate surface area is 306 Å². The fourth-order valence-electron chi connectivity index (χ4n) is 8.59. The second kappa shape index (κ2) is 10.1. The lowest BCUT2D eigenvalue weighted by Gasteiger charge is -2.36. The van der Waals surface area contributed by atoms with E-state index in [0.717, 1.165) is 71.5 Å². The van der Waals surface area contributed by atoms with Crippen molar-refractivity contribution < 1.29 is 14.2 Å². The molecular formula is C43H22BN7O3. The van der Waals surface area contributed by atoms with E-state index in [1.165, 1.54) is 0 Å². The molecule has 10 aromatic rings. The first kappa shape index (κ1) is 28.1. The van der Waals surface area contributed by atoms with E-state index in [2.05, 4.69) is 81.9 Å². The van der Waals surface area contributed by atoms with Gasteiger partial charge in [0.05, 0.1) is 27.5 Å². The molecule has 54 heavy (non-hydrogen) atoms. The van der Waals surface area contributed by atoms with Crippen LogP contribution in [0.5, 0.6) is 34.8 Å². The molecule has 0 saturated carbocycles. The second-order valence-corrected chi connectivity index (χ2v) is 13.6. The first-order chi connectivity index (χ1) is 26.8. The van der Waals surface area contributed by atoms with E-state index in [1.54, 1.807) is 0 Å². The normalized spacial score (nSPS) is 13.2. The van der Waals surface area contributed by atoms with Crippen molar-refractivity contribution in [3.8, 4) is 58.3 Å². The number of nitrogens with zero attached hydrogens (tertiary/aromatic N) is 7. The van der Waals surface area contributed by atoms with Crippen molar-refractivity contribution in [1.82, 2.24) is 34.1 Å². The van der Waals surface area contributed by atoms with Crippen LogP contribution in [0, 0.1) is 0 Å². The summed E-state index contributed by atoms with van der Waals surface area (Å²) in [4.78, 5) is 25.7. The third-order valence-corrected chi connectivity index (χ3v) is 10.8. The summed E-state index contributed by atoms with van der Waals surface area (Å²) in [6.45, 7) is -0.211. The molecular weight excluding hydrogens is 673 g/mol. The number of ether oxygens (including phenoxy) is 3. The molecule has 4 aromatic heterocycles. The predicted molar refractivity (Wildman–Crippen MR) is 207 cm³/mol. The Kier molecular flexibility index (Phi) is 5.25. The maximum absolute atomic E-state index is 6.55. The number of aromatic nitrogens is 7. The van der Waals surface area contributed by atoms with Crippen LogP contribution < -0.4 is 30.6 Å². The number of rotatable bonds is 3. The molecule has 0 spiro atoms. The Morgan fingerprint density at radius 2 is 0.722 bits per heavy atom. The zero-order valence-corrected chi connectivity index (χ0v) is 28.1. The summed E-state index contributed by atoms with van der Waals surface area (Å²) in [7, 11) is 0. The van der Waals surface area contributed by atoms with Gasteiger partial charge in [0.1, 0.15) is 23.0 Å². The molecule has 6 aromatic carbocycles. The van der Waals surface area contributed by atoms with Crippen molar-refractivity contribution in [1.29, 1.82) is 0 Å². The molecule has 250 valence electrons. The van der Waals surface area contributed by atoms with E-state index in [9.17, 15) is 0 Å². The summed E-state index contributed by atoms with van der Waals surface area (Å²) in [5, 5.41) is 4.38. The van der Waals surface area contributed by atoms with Gasteiger partial charge in [0.25, 0.3) is 6.71 Å². The van der Waals surface area contributed by atoms with Crippen LogP contribution in [0.3, 0.4) is 0 Å². The van der Waals surface area contributed by atoms with Crippen LogP contribution in [-0.2, 0) is 0 Å². The summed E-state index contributed by atoms with van der Waals surface area (Å²) in [6, 6.07) is 44.8. The van der Waals surface area contributed by atoms with Gasteiger partial charge in [0.2, 0.25) is 35.3 Å². The van der Waals surface area contributed by atoms with E-state index in [4.69, 9.17) is 39.1 Å². The molecule has 0 radical (unpaired) electrons. The third kappa shape index (κ3) is 3.62. The smallest absolute Gasteiger partial charge is 0.274 e. The summed E-state index contributed by atoms with van der Waals surface area (Å²) in [5.74, 6) is 5.01. The third-order valence-electron chi connectivity index (χ3n) is 10.8. The summed E-state index contributed by atoms with van der Waals surface area (Å²) >= 11 is 0. The molecule has 0 amide bonds. The lowest BCUT2D eigenvalue weighted by Crippen LogP contribution is -2.60. The van der Waals surface area contributed by atoms with Crippen LogP contribution >= 0.6 is 0 Å². The van der Waals surface area contributed by atoms with Crippen molar-refractivity contribution in [3.63, 3.8) is 0 Å². The van der Waals surface area contributed by atoms with Crippen LogP contribution in [0.15, 0.2) is 133 Å². The molecule has 0 N–H and O–H groups in total. The van der Waals surface area contributed by atoms with Gasteiger partial charge in [-0.25, -0.2) is 0 Å². The molecule has 0 aliphatic carbocycles. The van der Waals surface area contributed by atoms with Gasteiger partial charge in [-0.1, -0.05) is 84.9 Å². The molecule has 0 atom stereocenters. The highest BCUT2D eigenvalue weighted by molar-refractivity contribution is 6.99. The molecule has 11 heteroatoms. The Morgan fingerprint density at radius 1 is 0.352 bits per heavy atom. The molecule has 0 unspecified atom stereocenters. The topological polar surface area (TPSA) is 102 Å². The average molecular weight is 696 g/mol. The molecule has 3 aliphatic heterocycles. The number of fused-ring (bicyclic) bond motifs is 6. The molecule has 0 saturated heterocycles. The van der Waals surface area contributed by atoms with Crippen LogP contribution in [0.25, 0.3) is 67.2 Å². The monoisotopic (exact) mass is 695 g/mol. The highest BCUT2D eigenvalue weighted by Gasteiger charge is 2.48. The van der Waals surface area contributed by atoms with Gasteiger partial charge in [-0.15, -0.1) is 0 Å². The van der Waals surface area contributed by atoms with E-state index in [-0.39, 0.29) is 18.4 Å². The van der Waals surface area contributed by atoms with Crippen molar-refractivity contribution in [3.05, 3.63) is 133 Å². The maximum atomic E-state index is 6.55. The highest BCUT2D eigenvalue weighted by Crippen LogP contribution is 2.41. The van der Waals surface area contributed by atoms with E-state index >= 15 is 0 Å². The van der Waals surface area contributed by atoms with Gasteiger partial charge in [0.15, 0.2) is 0 Å². The molecule has 13 rings (SSSR count). The SMILES string of the molecule is c1cc2c3c(c1)Oc1nc(-c4nc(-n5c6ccccc6c6ccccc65)nc(-n5c6ccccc6c6ccccc65)n4)nc4c1B3c1c(cccc1O4)O2. The van der Waals surface area contributed by atoms with Gasteiger partial charge in [-0.2, -0.15) is 24.9 Å². The van der Waals surface area contributed by atoms with Crippen LogP contribution in [0.2, 0.25) is 0 Å². The molecule has 3 aliphatic rings. The maximum Gasteiger partial charge on any atom is 0.274 e. The van der Waals surface area contributed by atoms with Crippen LogP contribution in [-0.4, -0.2) is 40.8 Å². The van der Waals surface area contributed by atoms with Gasteiger partial charge in [-0.3, -0.25) is 9.13 Å². The van der Waals surface area contributed by atoms with Crippen molar-refractivity contribution in [2.45, 2.75) is 0 Å². The van der Waals surface area contributed by atoms with Gasteiger partial charge in [-0.05, 0) is 48.5 Å². The first-order valence-electron chi connectivity index (χ1n) is 17.7. The average Bonchev–Trinajstić information content (AvgIpc) is 3.74. The van der Waals surface area contributed by atoms with Crippen molar-refractivity contribution in [2.75, 3.05) is 0 Å². The van der Waals surface area contributed by atoms with Crippen LogP contribution in [0.4, 0.5) is 0 Å². The summed E-state index contributed by atoms with van der Waals surface area (Å²) in [6.07, 6.45) is 0. The Morgan fingerprint density at radius 3 is 1.15 bits per heavy atom. The van der Waals surface area contributed by atoms with Crippen molar-refractivity contribution in [2.24, 2.45) is 0 Å². The minimum atomic E-state index is -0.211. The molecule has 10 nitrogen and oxygen atoms in total. The fraction of sp³-hybridized carbons (Fsp3) is 0. The Hall–Kier alpha value is -7.53. The molecule has 0 fully saturated rings. The fourth-order valence-corrected chi connectivity index (χ4v) is 8.59. The lowest BCUT2D eigenvalue weighted by atomic mass is 9.34. The standard InChI is InChI=1S/C43H22BN7O3/c1-5-15-27-23(11-1)24-12-2-6-16-28(24)50(27)42-47-39(48-43(49-42)51-29-17-7-3-13-25(29)26-14-4-8-18-30(26)51)38-45-40-37-41(46-38)54-34-22-10-20-32-36(34)44(37)35-31(52-32)19-9-21-33(35)53-40/h1-22H. The van der Waals surface area contributed by atoms with Gasteiger partial charge in [0, 0.05) is 32.5 Å². The second-order valence-electron chi connectivity index (χ2n) is 13.6.